The highest BCUT2D eigenvalue weighted by Gasteiger charge is 2.36. The molecule has 3 nitrogen and oxygen atoms in total. The van der Waals surface area contributed by atoms with Crippen LogP contribution in [0.25, 0.3) is 0 Å². The molecule has 0 spiro atoms. The van der Waals surface area contributed by atoms with Crippen molar-refractivity contribution in [3.63, 3.8) is 0 Å². The molecule has 2 unspecified atom stereocenters. The predicted molar refractivity (Wildman–Crippen MR) is 71.6 cm³/mol. The minimum absolute atomic E-state index is 0.0498. The molecule has 1 fully saturated rings. The lowest BCUT2D eigenvalue weighted by Gasteiger charge is -2.33. The van der Waals surface area contributed by atoms with E-state index in [0.29, 0.717) is 11.8 Å². The van der Waals surface area contributed by atoms with Crippen molar-refractivity contribution in [1.82, 2.24) is 5.32 Å². The Kier molecular flexibility index (Phi) is 4.59. The van der Waals surface area contributed by atoms with Gasteiger partial charge in [-0.05, 0) is 44.1 Å². The van der Waals surface area contributed by atoms with Gasteiger partial charge in [-0.3, -0.25) is 4.79 Å². The normalized spacial score (nSPS) is 30.9. The smallest absolute Gasteiger partial charge is 0.219 e. The molecule has 100 valence electrons. The summed E-state index contributed by atoms with van der Waals surface area (Å²) in [5, 5.41) is 3.36. The van der Waals surface area contributed by atoms with Gasteiger partial charge in [0.1, 0.15) is 0 Å². The highest BCUT2D eigenvalue weighted by molar-refractivity contribution is 5.75. The van der Waals surface area contributed by atoms with Crippen molar-refractivity contribution in [2.75, 3.05) is 7.05 Å². The molecule has 0 aromatic rings. The fraction of sp³-hybridized carbons (Fsp3) is 0.929. The van der Waals surface area contributed by atoms with E-state index in [1.54, 1.807) is 0 Å². The van der Waals surface area contributed by atoms with Crippen LogP contribution in [0.1, 0.15) is 59.3 Å². The van der Waals surface area contributed by atoms with Gasteiger partial charge in [-0.25, -0.2) is 0 Å². The number of nitrogens with one attached hydrogen (secondary N) is 1. The Hall–Kier alpha value is -0.570. The van der Waals surface area contributed by atoms with Crippen LogP contribution in [0.5, 0.6) is 0 Å². The first-order chi connectivity index (χ1) is 7.79. The van der Waals surface area contributed by atoms with Gasteiger partial charge in [0.15, 0.2) is 0 Å². The molecule has 0 radical (unpaired) electrons. The van der Waals surface area contributed by atoms with E-state index >= 15 is 0 Å². The van der Waals surface area contributed by atoms with E-state index in [4.69, 9.17) is 5.73 Å². The van der Waals surface area contributed by atoms with Gasteiger partial charge in [0.05, 0.1) is 0 Å². The maximum absolute atomic E-state index is 11.2. The largest absolute Gasteiger partial charge is 0.370 e. The number of amides is 1. The summed E-state index contributed by atoms with van der Waals surface area (Å²) in [7, 11) is 1.96. The zero-order valence-electron chi connectivity index (χ0n) is 11.8. The summed E-state index contributed by atoms with van der Waals surface area (Å²) in [5.41, 5.74) is 5.70. The van der Waals surface area contributed by atoms with Crippen LogP contribution in [0.15, 0.2) is 0 Å². The first-order valence-corrected chi connectivity index (χ1v) is 6.76. The van der Waals surface area contributed by atoms with Crippen molar-refractivity contribution in [3.8, 4) is 0 Å². The van der Waals surface area contributed by atoms with E-state index in [-0.39, 0.29) is 11.4 Å². The molecule has 3 heteroatoms. The standard InChI is InChI=1S/C14H28N2O/c1-13(2,3)11-6-5-8-14(16-4,9-7-11)10-12(15)17/h11,16H,5-10H2,1-4H3,(H2,15,17). The van der Waals surface area contributed by atoms with Gasteiger partial charge >= 0.3 is 0 Å². The zero-order valence-corrected chi connectivity index (χ0v) is 11.8. The second-order valence-electron chi connectivity index (χ2n) is 6.67. The highest BCUT2D eigenvalue weighted by atomic mass is 16.1. The summed E-state index contributed by atoms with van der Waals surface area (Å²) in [6.07, 6.45) is 6.26. The van der Waals surface area contributed by atoms with Gasteiger partial charge < -0.3 is 11.1 Å². The average molecular weight is 240 g/mol. The van der Waals surface area contributed by atoms with Crippen LogP contribution in [0.4, 0.5) is 0 Å². The summed E-state index contributed by atoms with van der Waals surface area (Å²) in [6.45, 7) is 6.95. The third-order valence-corrected chi connectivity index (χ3v) is 4.45. The Balaban J connectivity index is 2.70. The number of carbonyl (C=O) groups excluding carboxylic acids is 1. The first kappa shape index (κ1) is 14.5. The Labute approximate surface area is 106 Å². The van der Waals surface area contributed by atoms with Gasteiger partial charge in [-0.1, -0.05) is 27.2 Å². The highest BCUT2D eigenvalue weighted by Crippen LogP contribution is 2.40. The van der Waals surface area contributed by atoms with Crippen molar-refractivity contribution < 1.29 is 4.79 Å². The van der Waals surface area contributed by atoms with Gasteiger partial charge in [-0.2, -0.15) is 0 Å². The Bertz CT molecular complexity index is 270. The van der Waals surface area contributed by atoms with Crippen LogP contribution in [-0.2, 0) is 4.79 Å². The summed E-state index contributed by atoms with van der Waals surface area (Å²) >= 11 is 0. The van der Waals surface area contributed by atoms with E-state index in [9.17, 15) is 4.79 Å². The first-order valence-electron chi connectivity index (χ1n) is 6.76. The number of hydrogen-bond acceptors (Lipinski definition) is 2. The lowest BCUT2D eigenvalue weighted by atomic mass is 9.76. The number of hydrogen-bond donors (Lipinski definition) is 2. The fourth-order valence-corrected chi connectivity index (χ4v) is 3.12. The summed E-state index contributed by atoms with van der Waals surface area (Å²) < 4.78 is 0. The van der Waals surface area contributed by atoms with E-state index in [1.807, 2.05) is 7.05 Å². The number of rotatable bonds is 3. The molecule has 1 amide bonds. The Morgan fingerprint density at radius 1 is 1.35 bits per heavy atom. The second kappa shape index (κ2) is 5.38. The maximum Gasteiger partial charge on any atom is 0.219 e. The van der Waals surface area contributed by atoms with Crippen LogP contribution in [0, 0.1) is 11.3 Å². The van der Waals surface area contributed by atoms with Crippen LogP contribution in [0.2, 0.25) is 0 Å². The quantitative estimate of drug-likeness (QED) is 0.744. The van der Waals surface area contributed by atoms with E-state index < -0.39 is 0 Å². The zero-order chi connectivity index (χ0) is 13.1. The molecule has 17 heavy (non-hydrogen) atoms. The molecule has 0 aromatic carbocycles. The monoisotopic (exact) mass is 240 g/mol. The Morgan fingerprint density at radius 3 is 2.47 bits per heavy atom. The molecule has 1 aliphatic rings. The number of primary amides is 1. The predicted octanol–water partition coefficient (Wildman–Crippen LogP) is 2.45. The lowest BCUT2D eigenvalue weighted by molar-refractivity contribution is -0.119. The van der Waals surface area contributed by atoms with Crippen molar-refractivity contribution in [3.05, 3.63) is 0 Å². The minimum Gasteiger partial charge on any atom is -0.370 e. The van der Waals surface area contributed by atoms with Crippen LogP contribution in [0.3, 0.4) is 0 Å². The molecule has 0 saturated heterocycles. The van der Waals surface area contributed by atoms with Gasteiger partial charge in [0, 0.05) is 12.0 Å². The van der Waals surface area contributed by atoms with Gasteiger partial charge in [0.25, 0.3) is 0 Å². The topological polar surface area (TPSA) is 55.1 Å². The minimum atomic E-state index is -0.187. The molecule has 1 rings (SSSR count). The number of carbonyl (C=O) groups is 1. The van der Waals surface area contributed by atoms with Crippen molar-refractivity contribution in [1.29, 1.82) is 0 Å². The van der Waals surface area contributed by atoms with E-state index in [0.717, 1.165) is 18.8 Å². The van der Waals surface area contributed by atoms with Crippen LogP contribution >= 0.6 is 0 Å². The average Bonchev–Trinajstić information content (AvgIpc) is 2.39. The molecular weight excluding hydrogens is 212 g/mol. The number of nitrogens with two attached hydrogens (primary N) is 1. The summed E-state index contributed by atoms with van der Waals surface area (Å²) in [4.78, 5) is 11.2. The SMILES string of the molecule is CNC1(CC(N)=O)CCCC(C(C)(C)C)CC1. The third-order valence-electron chi connectivity index (χ3n) is 4.45. The molecule has 0 heterocycles. The van der Waals surface area contributed by atoms with Crippen molar-refractivity contribution >= 4 is 5.91 Å². The van der Waals surface area contributed by atoms with Gasteiger partial charge in [-0.15, -0.1) is 0 Å². The molecule has 0 bridgehead atoms. The van der Waals surface area contributed by atoms with Crippen molar-refractivity contribution in [2.45, 2.75) is 64.8 Å². The summed E-state index contributed by atoms with van der Waals surface area (Å²) in [6, 6.07) is 0. The molecule has 3 N–H and O–H groups in total. The van der Waals surface area contributed by atoms with E-state index in [2.05, 4.69) is 26.1 Å². The van der Waals surface area contributed by atoms with Gasteiger partial charge in [0.2, 0.25) is 5.91 Å². The molecular formula is C14H28N2O. The lowest BCUT2D eigenvalue weighted by Crippen LogP contribution is -2.45. The van der Waals surface area contributed by atoms with Crippen LogP contribution < -0.4 is 11.1 Å². The Morgan fingerprint density at radius 2 is 2.00 bits per heavy atom. The molecule has 2 atom stereocenters. The molecule has 0 aliphatic heterocycles. The molecule has 1 saturated carbocycles. The molecule has 1 aliphatic carbocycles. The summed E-state index contributed by atoms with van der Waals surface area (Å²) in [5.74, 6) is 0.569. The molecule has 0 aromatic heterocycles. The second-order valence-corrected chi connectivity index (χ2v) is 6.67. The maximum atomic E-state index is 11.2. The van der Waals surface area contributed by atoms with Crippen LogP contribution in [-0.4, -0.2) is 18.5 Å². The fourth-order valence-electron chi connectivity index (χ4n) is 3.12. The van der Waals surface area contributed by atoms with E-state index in [1.165, 1.54) is 19.3 Å². The third kappa shape index (κ3) is 3.98. The van der Waals surface area contributed by atoms with Crippen molar-refractivity contribution in [2.24, 2.45) is 17.1 Å².